The van der Waals surface area contributed by atoms with E-state index in [2.05, 4.69) is 16.4 Å². The first-order chi connectivity index (χ1) is 16.4. The number of methoxy groups -OCH3 is 2. The van der Waals surface area contributed by atoms with Crippen LogP contribution in [0.1, 0.15) is 27.9 Å². The van der Waals surface area contributed by atoms with Gasteiger partial charge in [-0.15, -0.1) is 0 Å². The van der Waals surface area contributed by atoms with Gasteiger partial charge in [0.25, 0.3) is 5.56 Å². The number of hydrogen-bond acceptors (Lipinski definition) is 7. The van der Waals surface area contributed by atoms with Crippen molar-refractivity contribution in [2.24, 2.45) is 0 Å². The van der Waals surface area contributed by atoms with E-state index in [1.807, 2.05) is 25.1 Å². The predicted molar refractivity (Wildman–Crippen MR) is 132 cm³/mol. The molecular weight excluding hydrogens is 454 g/mol. The summed E-state index contributed by atoms with van der Waals surface area (Å²) in [6, 6.07) is 12.7. The first-order valence-electron chi connectivity index (χ1n) is 11.0. The average Bonchev–Trinajstić information content (AvgIpc) is 2.84. The highest BCUT2D eigenvalue weighted by molar-refractivity contribution is 7.99. The maximum absolute atomic E-state index is 13.2. The molecule has 0 fully saturated rings. The van der Waals surface area contributed by atoms with Crippen LogP contribution in [0.2, 0.25) is 0 Å². The van der Waals surface area contributed by atoms with E-state index in [1.54, 1.807) is 23.8 Å². The van der Waals surface area contributed by atoms with Gasteiger partial charge in [-0.2, -0.15) is 0 Å². The number of aryl methyl sites for hydroxylation is 1. The maximum Gasteiger partial charge on any atom is 0.337 e. The minimum absolute atomic E-state index is 0.118. The highest BCUT2D eigenvalue weighted by atomic mass is 32.2. The minimum Gasteiger partial charge on any atom is -0.465 e. The monoisotopic (exact) mass is 483 g/mol. The number of fused-ring (bicyclic) bond motifs is 1. The van der Waals surface area contributed by atoms with Crippen LogP contribution in [0.5, 0.6) is 0 Å². The van der Waals surface area contributed by atoms with Crippen molar-refractivity contribution in [2.45, 2.75) is 31.5 Å². The van der Waals surface area contributed by atoms with Gasteiger partial charge in [-0.25, -0.2) is 9.78 Å². The van der Waals surface area contributed by atoms with Crippen molar-refractivity contribution in [2.75, 3.05) is 33.1 Å². The number of amides is 1. The lowest BCUT2D eigenvalue weighted by atomic mass is 10.1. The molecule has 0 radical (unpaired) electrons. The maximum atomic E-state index is 13.2. The van der Waals surface area contributed by atoms with Gasteiger partial charge < -0.3 is 14.8 Å². The summed E-state index contributed by atoms with van der Waals surface area (Å²) >= 11 is 1.19. The summed E-state index contributed by atoms with van der Waals surface area (Å²) in [7, 11) is 2.90. The van der Waals surface area contributed by atoms with E-state index in [9.17, 15) is 14.4 Å². The molecule has 1 aromatic heterocycles. The molecule has 0 aliphatic rings. The summed E-state index contributed by atoms with van der Waals surface area (Å²) in [5.41, 5.74) is 2.86. The van der Waals surface area contributed by atoms with Gasteiger partial charge in [0.15, 0.2) is 5.16 Å². The molecule has 0 aliphatic heterocycles. The normalized spacial score (nSPS) is 10.9. The molecule has 0 saturated carbocycles. The van der Waals surface area contributed by atoms with Crippen LogP contribution in [-0.4, -0.2) is 54.6 Å². The lowest BCUT2D eigenvalue weighted by Gasteiger charge is -2.13. The second kappa shape index (κ2) is 12.3. The fourth-order valence-corrected chi connectivity index (χ4v) is 4.38. The van der Waals surface area contributed by atoms with Gasteiger partial charge in [-0.05, 0) is 49.1 Å². The van der Waals surface area contributed by atoms with Crippen LogP contribution in [0.3, 0.4) is 0 Å². The lowest BCUT2D eigenvalue weighted by molar-refractivity contribution is -0.118. The predicted octanol–water partition coefficient (Wildman–Crippen LogP) is 2.98. The topological polar surface area (TPSA) is 99.5 Å². The Bertz CT molecular complexity index is 1220. The Labute approximate surface area is 202 Å². The third-order valence-corrected chi connectivity index (χ3v) is 6.36. The molecule has 1 amide bonds. The SMILES string of the molecule is COCCCn1c(SCC(=O)NCCc2ccccc2C)nc2cc(C(=O)OC)ccc2c1=O. The molecule has 3 rings (SSSR count). The molecule has 2 aromatic carbocycles. The molecule has 0 atom stereocenters. The average molecular weight is 484 g/mol. The highest BCUT2D eigenvalue weighted by Gasteiger charge is 2.15. The first-order valence-corrected chi connectivity index (χ1v) is 12.0. The van der Waals surface area contributed by atoms with Gasteiger partial charge in [-0.1, -0.05) is 36.0 Å². The van der Waals surface area contributed by atoms with Crippen LogP contribution >= 0.6 is 11.8 Å². The summed E-state index contributed by atoms with van der Waals surface area (Å²) in [4.78, 5) is 42.1. The molecule has 0 spiro atoms. The van der Waals surface area contributed by atoms with Crippen LogP contribution < -0.4 is 10.9 Å². The zero-order valence-electron chi connectivity index (χ0n) is 19.6. The minimum atomic E-state index is -0.504. The Hall–Kier alpha value is -3.17. The van der Waals surface area contributed by atoms with Crippen molar-refractivity contribution in [1.82, 2.24) is 14.9 Å². The zero-order chi connectivity index (χ0) is 24.5. The largest absolute Gasteiger partial charge is 0.465 e. The number of ether oxygens (including phenoxy) is 2. The van der Waals surface area contributed by atoms with Gasteiger partial charge >= 0.3 is 5.97 Å². The Kier molecular flexibility index (Phi) is 9.24. The standard InChI is InChI=1S/C25H29N3O5S/c1-17-7-4-5-8-18(17)11-12-26-22(29)16-34-25-27-21-15-19(24(31)33-3)9-10-20(21)23(30)28(25)13-6-14-32-2/h4-5,7-10,15H,6,11-14,16H2,1-3H3,(H,26,29). The van der Waals surface area contributed by atoms with Crippen LogP contribution in [0, 0.1) is 6.92 Å². The number of nitrogens with one attached hydrogen (secondary N) is 1. The number of hydrogen-bond donors (Lipinski definition) is 1. The van der Waals surface area contributed by atoms with E-state index in [-0.39, 0.29) is 17.2 Å². The van der Waals surface area contributed by atoms with Gasteiger partial charge in [0.05, 0.1) is 29.3 Å². The fraction of sp³-hybridized carbons (Fsp3) is 0.360. The van der Waals surface area contributed by atoms with Crippen LogP contribution in [0.15, 0.2) is 52.4 Å². The number of benzene rings is 2. The van der Waals surface area contributed by atoms with Crippen molar-refractivity contribution >= 4 is 34.5 Å². The molecule has 0 unspecified atom stereocenters. The highest BCUT2D eigenvalue weighted by Crippen LogP contribution is 2.19. The summed E-state index contributed by atoms with van der Waals surface area (Å²) in [5.74, 6) is -0.526. The van der Waals surface area contributed by atoms with E-state index in [1.165, 1.54) is 36.1 Å². The molecular formula is C25H29N3O5S. The van der Waals surface area contributed by atoms with Gasteiger partial charge in [-0.3, -0.25) is 14.2 Å². The number of esters is 1. The van der Waals surface area contributed by atoms with E-state index >= 15 is 0 Å². The van der Waals surface area contributed by atoms with E-state index < -0.39 is 5.97 Å². The Balaban J connectivity index is 1.75. The Morgan fingerprint density at radius 3 is 2.68 bits per heavy atom. The molecule has 180 valence electrons. The van der Waals surface area contributed by atoms with Crippen molar-refractivity contribution in [3.63, 3.8) is 0 Å². The molecule has 1 heterocycles. The number of rotatable bonds is 11. The van der Waals surface area contributed by atoms with Crippen LogP contribution in [0.4, 0.5) is 0 Å². The quantitative estimate of drug-likeness (QED) is 0.194. The number of carbonyl (C=O) groups is 2. The smallest absolute Gasteiger partial charge is 0.337 e. The first kappa shape index (κ1) is 25.5. The van der Waals surface area contributed by atoms with E-state index in [4.69, 9.17) is 9.47 Å². The number of aromatic nitrogens is 2. The summed E-state index contributed by atoms with van der Waals surface area (Å²) in [6.45, 7) is 3.48. The molecule has 0 bridgehead atoms. The molecule has 0 saturated heterocycles. The zero-order valence-corrected chi connectivity index (χ0v) is 20.4. The third kappa shape index (κ3) is 6.45. The number of carbonyl (C=O) groups excluding carboxylic acids is 2. The summed E-state index contributed by atoms with van der Waals surface area (Å²) in [5, 5.41) is 3.75. The fourth-order valence-electron chi connectivity index (χ4n) is 3.53. The molecule has 3 aromatic rings. The van der Waals surface area contributed by atoms with Crippen LogP contribution in [-0.2, 0) is 27.2 Å². The molecule has 34 heavy (non-hydrogen) atoms. The van der Waals surface area contributed by atoms with Gasteiger partial charge in [0, 0.05) is 26.8 Å². The number of nitrogens with zero attached hydrogens (tertiary/aromatic N) is 2. The Morgan fingerprint density at radius 2 is 1.94 bits per heavy atom. The summed E-state index contributed by atoms with van der Waals surface area (Å²) < 4.78 is 11.4. The molecule has 1 N–H and O–H groups in total. The second-order valence-corrected chi connectivity index (χ2v) is 8.68. The molecule has 0 aliphatic carbocycles. The second-order valence-electron chi connectivity index (χ2n) is 7.74. The van der Waals surface area contributed by atoms with E-state index in [0.717, 1.165) is 6.42 Å². The van der Waals surface area contributed by atoms with Crippen molar-refractivity contribution in [3.05, 3.63) is 69.5 Å². The Morgan fingerprint density at radius 1 is 1.15 bits per heavy atom. The molecule has 9 heteroatoms. The summed E-state index contributed by atoms with van der Waals surface area (Å²) in [6.07, 6.45) is 1.37. The van der Waals surface area contributed by atoms with Gasteiger partial charge in [0.1, 0.15) is 0 Å². The van der Waals surface area contributed by atoms with Crippen molar-refractivity contribution in [3.8, 4) is 0 Å². The van der Waals surface area contributed by atoms with E-state index in [0.29, 0.717) is 47.7 Å². The van der Waals surface area contributed by atoms with Crippen LogP contribution in [0.25, 0.3) is 10.9 Å². The van der Waals surface area contributed by atoms with Gasteiger partial charge in [0.2, 0.25) is 5.91 Å². The van der Waals surface area contributed by atoms with Crippen molar-refractivity contribution < 1.29 is 19.1 Å². The molecule has 8 nitrogen and oxygen atoms in total. The third-order valence-electron chi connectivity index (χ3n) is 5.38. The lowest BCUT2D eigenvalue weighted by Crippen LogP contribution is -2.29. The van der Waals surface area contributed by atoms with Crippen molar-refractivity contribution in [1.29, 1.82) is 0 Å². The number of thioether (sulfide) groups is 1.